The Morgan fingerprint density at radius 2 is 1.69 bits per heavy atom. The predicted molar refractivity (Wildman–Crippen MR) is 116 cm³/mol. The molecule has 2 aromatic carbocycles. The van der Waals surface area contributed by atoms with Crippen molar-refractivity contribution in [2.45, 2.75) is 38.8 Å². The van der Waals surface area contributed by atoms with Crippen LogP contribution in [0.5, 0.6) is 0 Å². The van der Waals surface area contributed by atoms with Crippen LogP contribution in [0.3, 0.4) is 0 Å². The van der Waals surface area contributed by atoms with Gasteiger partial charge in [-0.3, -0.25) is 4.90 Å². The molecule has 4 heteroatoms. The number of benzene rings is 2. The third-order valence-electron chi connectivity index (χ3n) is 5.96. The topological polar surface area (TPSA) is 26.7 Å². The lowest BCUT2D eigenvalue weighted by molar-refractivity contribution is 0.0395. The number of aliphatic hydroxyl groups excluding tert-OH is 1. The van der Waals surface area contributed by atoms with E-state index in [-0.39, 0.29) is 12.1 Å². The van der Waals surface area contributed by atoms with Crippen molar-refractivity contribution < 1.29 is 5.11 Å². The zero-order valence-electron chi connectivity index (χ0n) is 15.6. The molecule has 1 heterocycles. The van der Waals surface area contributed by atoms with E-state index in [9.17, 15) is 5.11 Å². The Hall–Kier alpha value is -1.11. The predicted octanol–water partition coefficient (Wildman–Crippen LogP) is 3.56. The van der Waals surface area contributed by atoms with E-state index < -0.39 is 0 Å². The van der Waals surface area contributed by atoms with Crippen LogP contribution in [0.25, 0.3) is 0 Å². The molecule has 0 saturated carbocycles. The highest BCUT2D eigenvalue weighted by molar-refractivity contribution is 14.1. The summed E-state index contributed by atoms with van der Waals surface area (Å²) >= 11 is 2.38. The van der Waals surface area contributed by atoms with Crippen molar-refractivity contribution in [1.29, 1.82) is 0 Å². The van der Waals surface area contributed by atoms with Gasteiger partial charge in [0.2, 0.25) is 0 Å². The van der Waals surface area contributed by atoms with Gasteiger partial charge in [0.05, 0.1) is 6.10 Å². The number of hydrogen-bond acceptors (Lipinski definition) is 3. The second-order valence-electron chi connectivity index (χ2n) is 7.77. The summed E-state index contributed by atoms with van der Waals surface area (Å²) in [5.74, 6) is 0. The summed E-state index contributed by atoms with van der Waals surface area (Å²) < 4.78 is 1.29. The van der Waals surface area contributed by atoms with Gasteiger partial charge in [-0.2, -0.15) is 0 Å². The molecule has 2 aliphatic rings. The van der Waals surface area contributed by atoms with E-state index in [1.165, 1.54) is 31.5 Å². The van der Waals surface area contributed by atoms with E-state index in [0.717, 1.165) is 39.0 Å². The van der Waals surface area contributed by atoms with Crippen molar-refractivity contribution in [2.75, 3.05) is 31.1 Å². The molecule has 1 aliphatic heterocycles. The van der Waals surface area contributed by atoms with Crippen LogP contribution in [-0.4, -0.2) is 48.3 Å². The molecule has 138 valence electrons. The van der Waals surface area contributed by atoms with Gasteiger partial charge in [-0.15, -0.1) is 0 Å². The Balaban J connectivity index is 1.45. The maximum absolute atomic E-state index is 10.7. The monoisotopic (exact) mass is 462 g/mol. The molecule has 2 atom stereocenters. The summed E-state index contributed by atoms with van der Waals surface area (Å²) in [5.41, 5.74) is 6.79. The van der Waals surface area contributed by atoms with Crippen molar-refractivity contribution in [2.24, 2.45) is 0 Å². The van der Waals surface area contributed by atoms with E-state index >= 15 is 0 Å². The van der Waals surface area contributed by atoms with Crippen molar-refractivity contribution in [3.8, 4) is 0 Å². The second-order valence-corrected chi connectivity index (χ2v) is 9.01. The first-order chi connectivity index (χ1) is 12.5. The Morgan fingerprint density at radius 3 is 2.46 bits per heavy atom. The summed E-state index contributed by atoms with van der Waals surface area (Å²) in [6.07, 6.45) is 1.50. The molecule has 0 spiro atoms. The first-order valence-corrected chi connectivity index (χ1v) is 10.6. The number of rotatable bonds is 2. The third kappa shape index (κ3) is 3.64. The number of piperazine rings is 1. The van der Waals surface area contributed by atoms with Crippen molar-refractivity contribution in [3.63, 3.8) is 0 Å². The molecule has 1 aliphatic carbocycles. The fraction of sp³-hybridized carbons (Fsp3) is 0.455. The third-order valence-corrected chi connectivity index (χ3v) is 6.63. The molecule has 0 aromatic heterocycles. The average Bonchev–Trinajstić information content (AvgIpc) is 2.64. The van der Waals surface area contributed by atoms with Crippen molar-refractivity contribution in [1.82, 2.24) is 4.90 Å². The molecule has 0 radical (unpaired) electrons. The van der Waals surface area contributed by atoms with Gasteiger partial charge in [0.25, 0.3) is 0 Å². The minimum absolute atomic E-state index is 0.251. The van der Waals surface area contributed by atoms with Crippen LogP contribution in [0.2, 0.25) is 0 Å². The molecule has 3 nitrogen and oxygen atoms in total. The average molecular weight is 462 g/mol. The molecule has 1 fully saturated rings. The highest BCUT2D eigenvalue weighted by atomic mass is 127. The van der Waals surface area contributed by atoms with Gasteiger partial charge in [0.1, 0.15) is 0 Å². The van der Waals surface area contributed by atoms with Gasteiger partial charge in [-0.25, -0.2) is 0 Å². The van der Waals surface area contributed by atoms with Crippen LogP contribution >= 0.6 is 22.6 Å². The quantitative estimate of drug-likeness (QED) is 0.692. The number of aryl methyl sites for hydroxylation is 2. The first kappa shape index (κ1) is 18.3. The number of anilines is 1. The number of nitrogens with zero attached hydrogens (tertiary/aromatic N) is 2. The van der Waals surface area contributed by atoms with Crippen LogP contribution in [0.4, 0.5) is 5.69 Å². The lowest BCUT2D eigenvalue weighted by Gasteiger charge is -2.44. The van der Waals surface area contributed by atoms with Gasteiger partial charge in [-0.05, 0) is 83.3 Å². The highest BCUT2D eigenvalue weighted by Crippen LogP contribution is 2.29. The number of halogens is 1. The fourth-order valence-corrected chi connectivity index (χ4v) is 4.99. The summed E-state index contributed by atoms with van der Waals surface area (Å²) in [4.78, 5) is 5.01. The van der Waals surface area contributed by atoms with Crippen LogP contribution in [0, 0.1) is 17.4 Å². The number of aliphatic hydroxyl groups is 1. The Morgan fingerprint density at radius 1 is 0.923 bits per heavy atom. The number of hydrogen-bond donors (Lipinski definition) is 1. The lowest BCUT2D eigenvalue weighted by atomic mass is 9.85. The fourth-order valence-electron chi connectivity index (χ4n) is 4.43. The van der Waals surface area contributed by atoms with Gasteiger partial charge >= 0.3 is 0 Å². The SMILES string of the molecule is Cc1ccc(C)c(N2CCN(C3Cc4cc(I)ccc4CC3O)CC2)c1. The zero-order valence-corrected chi connectivity index (χ0v) is 17.7. The van der Waals surface area contributed by atoms with E-state index in [2.05, 4.69) is 82.6 Å². The molecule has 2 unspecified atom stereocenters. The normalized spacial score (nSPS) is 23.8. The van der Waals surface area contributed by atoms with E-state index in [1.807, 2.05) is 0 Å². The highest BCUT2D eigenvalue weighted by Gasteiger charge is 2.33. The summed E-state index contributed by atoms with van der Waals surface area (Å²) in [6, 6.07) is 13.6. The van der Waals surface area contributed by atoms with Crippen LogP contribution < -0.4 is 4.90 Å². The minimum atomic E-state index is -0.255. The van der Waals surface area contributed by atoms with Gasteiger partial charge in [0.15, 0.2) is 0 Å². The Labute approximate surface area is 170 Å². The molecule has 4 rings (SSSR count). The smallest absolute Gasteiger partial charge is 0.0739 e. The summed E-state index contributed by atoms with van der Waals surface area (Å²) in [5, 5.41) is 10.7. The second kappa shape index (κ2) is 7.49. The summed E-state index contributed by atoms with van der Waals surface area (Å²) in [7, 11) is 0. The minimum Gasteiger partial charge on any atom is -0.391 e. The lowest BCUT2D eigenvalue weighted by Crippen LogP contribution is -2.56. The van der Waals surface area contributed by atoms with E-state index in [1.54, 1.807) is 0 Å². The van der Waals surface area contributed by atoms with Crippen molar-refractivity contribution in [3.05, 3.63) is 62.2 Å². The molecular weight excluding hydrogens is 435 g/mol. The molecule has 0 amide bonds. The molecule has 1 saturated heterocycles. The van der Waals surface area contributed by atoms with Gasteiger partial charge in [-0.1, -0.05) is 18.2 Å². The van der Waals surface area contributed by atoms with Crippen LogP contribution in [0.1, 0.15) is 22.3 Å². The van der Waals surface area contributed by atoms with Gasteiger partial charge in [0, 0.05) is 47.9 Å². The van der Waals surface area contributed by atoms with Gasteiger partial charge < -0.3 is 10.0 Å². The largest absolute Gasteiger partial charge is 0.391 e. The Bertz CT molecular complexity index is 799. The maximum atomic E-state index is 10.7. The van der Waals surface area contributed by atoms with E-state index in [4.69, 9.17) is 0 Å². The zero-order chi connectivity index (χ0) is 18.3. The molecule has 2 aromatic rings. The molecule has 1 N–H and O–H groups in total. The molecule has 26 heavy (non-hydrogen) atoms. The standard InChI is InChI=1S/C22H27IN2O/c1-15-3-4-16(2)20(11-15)24-7-9-25(10-8-24)21-13-18-12-19(23)6-5-17(18)14-22(21)26/h3-6,11-12,21-22,26H,7-10,13-14H2,1-2H3. The Kier molecular flexibility index (Phi) is 5.26. The summed E-state index contributed by atoms with van der Waals surface area (Å²) in [6.45, 7) is 8.48. The molecular formula is C22H27IN2O. The van der Waals surface area contributed by atoms with Crippen molar-refractivity contribution >= 4 is 28.3 Å². The molecule has 0 bridgehead atoms. The van der Waals surface area contributed by atoms with Crippen LogP contribution in [-0.2, 0) is 12.8 Å². The maximum Gasteiger partial charge on any atom is 0.0739 e. The van der Waals surface area contributed by atoms with E-state index in [0.29, 0.717) is 0 Å². The van der Waals surface area contributed by atoms with Crippen LogP contribution in [0.15, 0.2) is 36.4 Å². The first-order valence-electron chi connectivity index (χ1n) is 9.53. The number of fused-ring (bicyclic) bond motifs is 1.